The molecule has 0 saturated carbocycles. The molecule has 1 saturated heterocycles. The fraction of sp³-hybridized carbons (Fsp3) is 0.214. The van der Waals surface area contributed by atoms with E-state index in [-0.39, 0.29) is 30.6 Å². The summed E-state index contributed by atoms with van der Waals surface area (Å²) in [5, 5.41) is 1.49. The number of likely N-dealkylation sites (tertiary alicyclic amines) is 1. The van der Waals surface area contributed by atoms with Gasteiger partial charge in [-0.15, -0.1) is 12.4 Å². The molecule has 2 aromatic rings. The highest BCUT2D eigenvalue weighted by Gasteiger charge is 2.35. The first kappa shape index (κ1) is 15.7. The van der Waals surface area contributed by atoms with Gasteiger partial charge in [0.05, 0.1) is 17.1 Å². The fourth-order valence-corrected chi connectivity index (χ4v) is 2.53. The lowest BCUT2D eigenvalue weighted by molar-refractivity contribution is -0.129. The van der Waals surface area contributed by atoms with Crippen LogP contribution in [0.15, 0.2) is 30.5 Å². The molecule has 0 bridgehead atoms. The molecule has 7 heteroatoms. The lowest BCUT2D eigenvalue weighted by atomic mass is 10.1. The third kappa shape index (κ3) is 2.85. The largest absolute Gasteiger partial charge is 0.329 e. The Morgan fingerprint density at radius 1 is 1.33 bits per heavy atom. The second-order valence-corrected chi connectivity index (χ2v) is 5.19. The Balaban J connectivity index is 0.00000161. The van der Waals surface area contributed by atoms with Crippen molar-refractivity contribution in [1.29, 1.82) is 0 Å². The van der Waals surface area contributed by atoms with Gasteiger partial charge in [-0.1, -0.05) is 23.7 Å². The molecule has 1 fully saturated rings. The number of nitrogens with two attached hydrogens (primary N) is 1. The summed E-state index contributed by atoms with van der Waals surface area (Å²) < 4.78 is 0. The molecule has 1 amide bonds. The van der Waals surface area contributed by atoms with Crippen LogP contribution in [0.3, 0.4) is 0 Å². The summed E-state index contributed by atoms with van der Waals surface area (Å²) in [7, 11) is 0. The highest BCUT2D eigenvalue weighted by atomic mass is 35.5. The number of Topliss-reactive ketones (excluding diaryl/α,β-unsaturated/α-hetero) is 1. The van der Waals surface area contributed by atoms with Crippen molar-refractivity contribution in [2.75, 3.05) is 6.54 Å². The Morgan fingerprint density at radius 3 is 2.76 bits per heavy atom. The highest BCUT2D eigenvalue weighted by Crippen LogP contribution is 2.23. The number of halogens is 2. The van der Waals surface area contributed by atoms with Crippen LogP contribution >= 0.6 is 24.0 Å². The van der Waals surface area contributed by atoms with Crippen LogP contribution in [0.2, 0.25) is 5.02 Å². The van der Waals surface area contributed by atoms with E-state index in [4.69, 9.17) is 17.3 Å². The number of carbonyl (C=O) groups excluding carboxylic acids is 2. The molecule has 0 aliphatic carbocycles. The summed E-state index contributed by atoms with van der Waals surface area (Å²) in [5.74, 6) is -0.564. The van der Waals surface area contributed by atoms with Crippen molar-refractivity contribution in [3.63, 3.8) is 0 Å². The molecule has 21 heavy (non-hydrogen) atoms. The van der Waals surface area contributed by atoms with E-state index in [0.29, 0.717) is 11.6 Å². The third-order valence-corrected chi connectivity index (χ3v) is 3.73. The Bertz CT molecular complexity index is 720. The van der Waals surface area contributed by atoms with E-state index in [0.717, 1.165) is 16.5 Å². The predicted octanol–water partition coefficient (Wildman–Crippen LogP) is 1.55. The van der Waals surface area contributed by atoms with Gasteiger partial charge in [-0.2, -0.15) is 0 Å². The number of benzene rings is 1. The molecule has 1 unspecified atom stereocenters. The molecule has 0 radical (unpaired) electrons. The maximum absolute atomic E-state index is 11.8. The van der Waals surface area contributed by atoms with Crippen molar-refractivity contribution in [3.05, 3.63) is 41.0 Å². The Kier molecular flexibility index (Phi) is 4.46. The van der Waals surface area contributed by atoms with Crippen LogP contribution in [0, 0.1) is 0 Å². The van der Waals surface area contributed by atoms with E-state index < -0.39 is 6.04 Å². The number of pyridine rings is 1. The summed E-state index contributed by atoms with van der Waals surface area (Å²) in [4.78, 5) is 28.9. The van der Waals surface area contributed by atoms with Gasteiger partial charge in [0.25, 0.3) is 0 Å². The maximum atomic E-state index is 11.8. The number of hydrogen-bond acceptors (Lipinski definition) is 4. The molecule has 1 aromatic carbocycles. The molecule has 2 heterocycles. The normalized spacial score (nSPS) is 18.2. The summed E-state index contributed by atoms with van der Waals surface area (Å²) >= 11 is 6.08. The van der Waals surface area contributed by atoms with Gasteiger partial charge in [0, 0.05) is 18.1 Å². The Morgan fingerprint density at radius 2 is 2.10 bits per heavy atom. The van der Waals surface area contributed by atoms with Gasteiger partial charge in [-0.25, -0.2) is 0 Å². The monoisotopic (exact) mass is 325 g/mol. The number of hydrogen-bond donors (Lipinski definition) is 1. The van der Waals surface area contributed by atoms with E-state index in [1.807, 2.05) is 18.2 Å². The number of rotatable bonds is 2. The van der Waals surface area contributed by atoms with Crippen molar-refractivity contribution < 1.29 is 9.59 Å². The molecule has 110 valence electrons. The number of nitrogens with zero attached hydrogens (tertiary/aromatic N) is 2. The van der Waals surface area contributed by atoms with Crippen LogP contribution in [0.5, 0.6) is 0 Å². The number of fused-ring (bicyclic) bond motifs is 1. The maximum Gasteiger partial charge on any atom is 0.247 e. The second kappa shape index (κ2) is 5.97. The lowest BCUT2D eigenvalue weighted by Gasteiger charge is -2.15. The van der Waals surface area contributed by atoms with Crippen LogP contribution in [0.1, 0.15) is 5.56 Å². The van der Waals surface area contributed by atoms with Crippen molar-refractivity contribution >= 4 is 46.6 Å². The standard InChI is InChI=1S/C14H12ClN3O2.ClH/c15-10-3-4-17-11-5-8(1-2-9(10)11)6-18-7-12(19)13(16)14(18)20;/h1-5,13H,6-7,16H2;1H. The van der Waals surface area contributed by atoms with Crippen LogP contribution in [0.25, 0.3) is 10.9 Å². The molecule has 0 spiro atoms. The van der Waals surface area contributed by atoms with Crippen LogP contribution in [-0.4, -0.2) is 34.2 Å². The summed E-state index contributed by atoms with van der Waals surface area (Å²) in [6.07, 6.45) is 1.63. The minimum Gasteiger partial charge on any atom is -0.329 e. The lowest BCUT2D eigenvalue weighted by Crippen LogP contribution is -2.35. The molecular weight excluding hydrogens is 313 g/mol. The molecule has 1 aromatic heterocycles. The SMILES string of the molecule is Cl.NC1C(=O)CN(Cc2ccc3c(Cl)ccnc3c2)C1=O. The summed E-state index contributed by atoms with van der Waals surface area (Å²) in [6, 6.07) is 6.32. The van der Waals surface area contributed by atoms with Gasteiger partial charge in [-0.05, 0) is 17.7 Å². The summed E-state index contributed by atoms with van der Waals surface area (Å²) in [6.45, 7) is 0.420. The van der Waals surface area contributed by atoms with Gasteiger partial charge in [0.2, 0.25) is 5.91 Å². The topological polar surface area (TPSA) is 76.3 Å². The average molecular weight is 326 g/mol. The van der Waals surface area contributed by atoms with E-state index in [1.165, 1.54) is 4.90 Å². The quantitative estimate of drug-likeness (QED) is 0.850. The zero-order chi connectivity index (χ0) is 14.3. The summed E-state index contributed by atoms with van der Waals surface area (Å²) in [5.41, 5.74) is 7.16. The number of aromatic nitrogens is 1. The van der Waals surface area contributed by atoms with Crippen molar-refractivity contribution in [2.45, 2.75) is 12.6 Å². The van der Waals surface area contributed by atoms with Gasteiger partial charge in [0.1, 0.15) is 6.04 Å². The van der Waals surface area contributed by atoms with E-state index in [9.17, 15) is 9.59 Å². The zero-order valence-electron chi connectivity index (χ0n) is 11.0. The average Bonchev–Trinajstić information content (AvgIpc) is 2.67. The van der Waals surface area contributed by atoms with Crippen molar-refractivity contribution in [3.8, 4) is 0 Å². The number of ketones is 1. The van der Waals surface area contributed by atoms with Crippen LogP contribution in [-0.2, 0) is 16.1 Å². The first-order valence-corrected chi connectivity index (χ1v) is 6.54. The van der Waals surface area contributed by atoms with Gasteiger partial charge in [-0.3, -0.25) is 14.6 Å². The molecule has 1 aliphatic heterocycles. The Labute approximate surface area is 132 Å². The van der Waals surface area contributed by atoms with Gasteiger partial charge in [0.15, 0.2) is 5.78 Å². The molecule has 1 atom stereocenters. The molecule has 2 N–H and O–H groups in total. The number of carbonyl (C=O) groups is 2. The van der Waals surface area contributed by atoms with Crippen LogP contribution in [0.4, 0.5) is 0 Å². The minimum absolute atomic E-state index is 0. The highest BCUT2D eigenvalue weighted by molar-refractivity contribution is 6.35. The van der Waals surface area contributed by atoms with Crippen LogP contribution < -0.4 is 5.73 Å². The van der Waals surface area contributed by atoms with E-state index >= 15 is 0 Å². The fourth-order valence-electron chi connectivity index (χ4n) is 2.31. The van der Waals surface area contributed by atoms with Gasteiger partial charge >= 0.3 is 0 Å². The predicted molar refractivity (Wildman–Crippen MR) is 82.4 cm³/mol. The Hall–Kier alpha value is -1.69. The molecule has 3 rings (SSSR count). The number of amides is 1. The van der Waals surface area contributed by atoms with E-state index in [1.54, 1.807) is 12.3 Å². The molecular formula is C14H13Cl2N3O2. The molecule has 1 aliphatic rings. The first-order chi connectivity index (χ1) is 9.56. The first-order valence-electron chi connectivity index (χ1n) is 6.16. The smallest absolute Gasteiger partial charge is 0.247 e. The zero-order valence-corrected chi connectivity index (χ0v) is 12.5. The third-order valence-electron chi connectivity index (χ3n) is 3.40. The van der Waals surface area contributed by atoms with Crippen molar-refractivity contribution in [2.24, 2.45) is 5.73 Å². The second-order valence-electron chi connectivity index (χ2n) is 4.78. The van der Waals surface area contributed by atoms with Gasteiger partial charge < -0.3 is 10.6 Å². The molecule has 5 nitrogen and oxygen atoms in total. The van der Waals surface area contributed by atoms with E-state index in [2.05, 4.69) is 4.98 Å². The minimum atomic E-state index is -1.01. The van der Waals surface area contributed by atoms with Crippen molar-refractivity contribution in [1.82, 2.24) is 9.88 Å².